The molecule has 0 bridgehead atoms. The van der Waals surface area contributed by atoms with Gasteiger partial charge < -0.3 is 0 Å². The normalized spacial score (nSPS) is 22.7. The summed E-state index contributed by atoms with van der Waals surface area (Å²) >= 11 is 3.32. The molecule has 1 aromatic carbocycles. The zero-order valence-corrected chi connectivity index (χ0v) is 12.9. The fourth-order valence-corrected chi connectivity index (χ4v) is 4.31. The molecule has 0 spiro atoms. The Bertz CT molecular complexity index is 498. The minimum Gasteiger partial charge on any atom is -0.207 e. The summed E-state index contributed by atoms with van der Waals surface area (Å²) in [5.41, 5.74) is 0. The highest BCUT2D eigenvalue weighted by atomic mass is 79.9. The molecule has 5 heteroatoms. The van der Waals surface area contributed by atoms with Gasteiger partial charge in [-0.15, -0.1) is 0 Å². The fourth-order valence-electron chi connectivity index (χ4n) is 2.35. The van der Waals surface area contributed by atoms with Crippen LogP contribution in [0.25, 0.3) is 0 Å². The number of hydrogen-bond acceptors (Lipinski definition) is 2. The number of nitrogens with zero attached hydrogens (tertiary/aromatic N) is 1. The fraction of sp³-hybridized carbons (Fsp3) is 0.538. The van der Waals surface area contributed by atoms with E-state index in [1.807, 2.05) is 6.92 Å². The average Bonchev–Trinajstić information content (AvgIpc) is 2.55. The summed E-state index contributed by atoms with van der Waals surface area (Å²) in [5, 5.41) is 0. The first-order valence-electron chi connectivity index (χ1n) is 6.29. The lowest BCUT2D eigenvalue weighted by Crippen LogP contribution is -2.38. The van der Waals surface area contributed by atoms with E-state index in [2.05, 4.69) is 15.9 Å². The third-order valence-electron chi connectivity index (χ3n) is 3.41. The van der Waals surface area contributed by atoms with Crippen LogP contribution in [0, 0.1) is 0 Å². The average molecular weight is 332 g/mol. The molecule has 1 aromatic rings. The largest absolute Gasteiger partial charge is 0.243 e. The van der Waals surface area contributed by atoms with Gasteiger partial charge in [-0.05, 0) is 44.0 Å². The SMILES string of the molecule is CC1CCCCCN1S(=O)(=O)c1ccc(Br)cc1. The first-order valence-corrected chi connectivity index (χ1v) is 8.52. The van der Waals surface area contributed by atoms with E-state index < -0.39 is 10.0 Å². The summed E-state index contributed by atoms with van der Waals surface area (Å²) in [7, 11) is -3.34. The number of benzene rings is 1. The minimum atomic E-state index is -3.34. The molecule has 3 nitrogen and oxygen atoms in total. The van der Waals surface area contributed by atoms with Crippen LogP contribution in [0.1, 0.15) is 32.6 Å². The van der Waals surface area contributed by atoms with Crippen molar-refractivity contribution in [2.24, 2.45) is 0 Å². The second-order valence-corrected chi connectivity index (χ2v) is 7.57. The van der Waals surface area contributed by atoms with Crippen molar-refractivity contribution in [2.45, 2.75) is 43.5 Å². The maximum Gasteiger partial charge on any atom is 0.243 e. The highest BCUT2D eigenvalue weighted by molar-refractivity contribution is 9.10. The van der Waals surface area contributed by atoms with Crippen LogP contribution in [0.4, 0.5) is 0 Å². The highest BCUT2D eigenvalue weighted by Gasteiger charge is 2.29. The molecule has 1 aliphatic rings. The standard InChI is InChI=1S/C13H18BrNO2S/c1-11-5-3-2-4-10-15(11)18(16,17)13-8-6-12(14)7-9-13/h6-9,11H,2-5,10H2,1H3. The van der Waals surface area contributed by atoms with Crippen LogP contribution < -0.4 is 0 Å². The predicted octanol–water partition coefficient (Wildman–Crippen LogP) is 3.40. The summed E-state index contributed by atoms with van der Waals surface area (Å²) in [6.07, 6.45) is 4.15. The summed E-state index contributed by atoms with van der Waals surface area (Å²) in [5.74, 6) is 0. The second kappa shape index (κ2) is 5.72. The maximum atomic E-state index is 12.6. The number of sulfonamides is 1. The van der Waals surface area contributed by atoms with Gasteiger partial charge in [-0.25, -0.2) is 8.42 Å². The van der Waals surface area contributed by atoms with E-state index in [9.17, 15) is 8.42 Å². The number of hydrogen-bond donors (Lipinski definition) is 0. The lowest BCUT2D eigenvalue weighted by Gasteiger charge is -2.26. The summed E-state index contributed by atoms with van der Waals surface area (Å²) in [6, 6.07) is 6.97. The third kappa shape index (κ3) is 2.95. The highest BCUT2D eigenvalue weighted by Crippen LogP contribution is 2.25. The summed E-state index contributed by atoms with van der Waals surface area (Å²) in [6.45, 7) is 2.64. The van der Waals surface area contributed by atoms with E-state index in [-0.39, 0.29) is 6.04 Å². The molecule has 1 heterocycles. The van der Waals surface area contributed by atoms with E-state index in [0.29, 0.717) is 11.4 Å². The van der Waals surface area contributed by atoms with Gasteiger partial charge in [-0.2, -0.15) is 4.31 Å². The van der Waals surface area contributed by atoms with Gasteiger partial charge in [0.1, 0.15) is 0 Å². The van der Waals surface area contributed by atoms with Crippen molar-refractivity contribution < 1.29 is 8.42 Å². The zero-order chi connectivity index (χ0) is 13.2. The van der Waals surface area contributed by atoms with E-state index in [1.165, 1.54) is 0 Å². The monoisotopic (exact) mass is 331 g/mol. The van der Waals surface area contributed by atoms with Crippen LogP contribution >= 0.6 is 15.9 Å². The van der Waals surface area contributed by atoms with Crippen molar-refractivity contribution in [3.63, 3.8) is 0 Å². The van der Waals surface area contributed by atoms with E-state index in [0.717, 1.165) is 30.2 Å². The molecule has 1 atom stereocenters. The Morgan fingerprint density at radius 3 is 2.50 bits per heavy atom. The number of rotatable bonds is 2. The van der Waals surface area contributed by atoms with E-state index in [1.54, 1.807) is 28.6 Å². The molecule has 2 rings (SSSR count). The van der Waals surface area contributed by atoms with Gasteiger partial charge in [0.05, 0.1) is 4.90 Å². The van der Waals surface area contributed by atoms with Gasteiger partial charge in [0, 0.05) is 17.1 Å². The predicted molar refractivity (Wildman–Crippen MR) is 76.0 cm³/mol. The smallest absolute Gasteiger partial charge is 0.207 e. The Balaban J connectivity index is 2.31. The van der Waals surface area contributed by atoms with Crippen molar-refractivity contribution >= 4 is 26.0 Å². The van der Waals surface area contributed by atoms with Crippen molar-refractivity contribution in [1.82, 2.24) is 4.31 Å². The summed E-state index contributed by atoms with van der Waals surface area (Å²) < 4.78 is 27.7. The molecule has 1 fully saturated rings. The van der Waals surface area contributed by atoms with Crippen LogP contribution in [0.15, 0.2) is 33.6 Å². The quantitative estimate of drug-likeness (QED) is 0.832. The third-order valence-corrected chi connectivity index (χ3v) is 5.97. The topological polar surface area (TPSA) is 37.4 Å². The second-order valence-electron chi connectivity index (χ2n) is 4.77. The number of halogens is 1. The van der Waals surface area contributed by atoms with Crippen LogP contribution in [0.5, 0.6) is 0 Å². The van der Waals surface area contributed by atoms with Gasteiger partial charge in [0.25, 0.3) is 0 Å². The van der Waals surface area contributed by atoms with Gasteiger partial charge >= 0.3 is 0 Å². The van der Waals surface area contributed by atoms with Gasteiger partial charge in [-0.1, -0.05) is 28.8 Å². The van der Waals surface area contributed by atoms with E-state index in [4.69, 9.17) is 0 Å². The van der Waals surface area contributed by atoms with Crippen LogP contribution in [-0.2, 0) is 10.0 Å². The molecular weight excluding hydrogens is 314 g/mol. The van der Waals surface area contributed by atoms with Crippen molar-refractivity contribution in [1.29, 1.82) is 0 Å². The molecule has 0 radical (unpaired) electrons. The van der Waals surface area contributed by atoms with Crippen molar-refractivity contribution in [3.05, 3.63) is 28.7 Å². The molecule has 0 N–H and O–H groups in total. The zero-order valence-electron chi connectivity index (χ0n) is 10.5. The van der Waals surface area contributed by atoms with Crippen LogP contribution in [-0.4, -0.2) is 25.3 Å². The van der Waals surface area contributed by atoms with Gasteiger partial charge in [-0.3, -0.25) is 0 Å². The van der Waals surface area contributed by atoms with E-state index >= 15 is 0 Å². The molecule has 18 heavy (non-hydrogen) atoms. The molecule has 0 saturated carbocycles. The molecule has 1 unspecified atom stereocenters. The Morgan fingerprint density at radius 1 is 1.17 bits per heavy atom. The lowest BCUT2D eigenvalue weighted by atomic mass is 10.1. The maximum absolute atomic E-state index is 12.6. The lowest BCUT2D eigenvalue weighted by molar-refractivity contribution is 0.342. The molecule has 1 saturated heterocycles. The van der Waals surface area contributed by atoms with Crippen molar-refractivity contribution in [3.8, 4) is 0 Å². The first kappa shape index (κ1) is 14.0. The Kier molecular flexibility index (Phi) is 4.45. The molecule has 100 valence electrons. The molecule has 1 aliphatic heterocycles. The summed E-state index contributed by atoms with van der Waals surface area (Å²) in [4.78, 5) is 0.388. The Hall–Kier alpha value is -0.390. The first-order chi connectivity index (χ1) is 8.51. The van der Waals surface area contributed by atoms with Gasteiger partial charge in [0.2, 0.25) is 10.0 Å². The van der Waals surface area contributed by atoms with Gasteiger partial charge in [0.15, 0.2) is 0 Å². The molecule has 0 aliphatic carbocycles. The van der Waals surface area contributed by atoms with Crippen LogP contribution in [0.3, 0.4) is 0 Å². The van der Waals surface area contributed by atoms with Crippen molar-refractivity contribution in [2.75, 3.05) is 6.54 Å². The molecule has 0 amide bonds. The van der Waals surface area contributed by atoms with Crippen LogP contribution in [0.2, 0.25) is 0 Å². The molecular formula is C13H18BrNO2S. The minimum absolute atomic E-state index is 0.0983. The molecule has 0 aromatic heterocycles. The Morgan fingerprint density at radius 2 is 1.83 bits per heavy atom. The Labute approximate surface area is 117 Å².